The van der Waals surface area contributed by atoms with E-state index in [1.54, 1.807) is 0 Å². The maximum absolute atomic E-state index is 0. The Balaban J connectivity index is 0. The Morgan fingerprint density at radius 3 is 0.444 bits per heavy atom. The van der Waals surface area contributed by atoms with Crippen molar-refractivity contribution in [3.8, 4) is 0 Å². The summed E-state index contributed by atoms with van der Waals surface area (Å²) in [7, 11) is 0. The Morgan fingerprint density at radius 2 is 0.444 bits per heavy atom. The molecule has 5 nitrogen and oxygen atoms in total. The van der Waals surface area contributed by atoms with Crippen molar-refractivity contribution >= 4 is 97.8 Å². The minimum atomic E-state index is 0. The summed E-state index contributed by atoms with van der Waals surface area (Å²) in [6.45, 7) is 0. The second-order valence-electron chi connectivity index (χ2n) is 0. The van der Waals surface area contributed by atoms with Gasteiger partial charge in [0.15, 0.2) is 0 Å². The molecule has 9 heteroatoms. The Kier molecular flexibility index (Phi) is 975. The van der Waals surface area contributed by atoms with E-state index in [-0.39, 0.29) is 176 Å². The van der Waals surface area contributed by atoms with Crippen LogP contribution in [-0.4, -0.2) is 97.8 Å². The van der Waals surface area contributed by atoms with Crippen LogP contribution in [0.25, 0.3) is 0 Å². The van der Waals surface area contributed by atoms with E-state index in [0.717, 1.165) is 0 Å². The molecule has 0 atom stereocenters. The van der Waals surface area contributed by atoms with Crippen LogP contribution in [-0.2, 0) is 72.1 Å². The van der Waals surface area contributed by atoms with Crippen molar-refractivity contribution in [3.63, 3.8) is 0 Å². The molecule has 0 N–H and O–H groups in total. The Morgan fingerprint density at radius 1 is 0.444 bits per heavy atom. The van der Waals surface area contributed by atoms with Crippen LogP contribution < -0.4 is 0 Å². The van der Waals surface area contributed by atoms with Gasteiger partial charge in [-0.05, 0) is 0 Å². The molecule has 0 saturated carbocycles. The normalized spacial score (nSPS) is 0. The third-order valence-corrected chi connectivity index (χ3v) is 0. The fourth-order valence-electron chi connectivity index (χ4n) is 0. The Labute approximate surface area is 171 Å². The van der Waals surface area contributed by atoms with E-state index in [1.165, 1.54) is 0 Å². The van der Waals surface area contributed by atoms with Gasteiger partial charge in [-0.1, -0.05) is 0 Å². The molecule has 0 spiro atoms. The molecule has 0 aromatic heterocycles. The molecule has 48 valence electrons. The average molecular weight is 721 g/mol. The third-order valence-electron chi connectivity index (χ3n) is 0. The van der Waals surface area contributed by atoms with E-state index in [2.05, 4.69) is 0 Å². The molecular formula is H4Ba2O5Ta2. The van der Waals surface area contributed by atoms with E-state index in [9.17, 15) is 0 Å². The second-order valence-corrected chi connectivity index (χ2v) is 0. The predicted octanol–water partition coefficient (Wildman–Crippen LogP) is -0.911. The largest absolute Gasteiger partial charge is 5.00 e. The predicted molar refractivity (Wildman–Crippen MR) is 19.4 cm³/mol. The first-order chi connectivity index (χ1) is 0. The molecule has 0 aliphatic carbocycles. The standard InChI is InChI=1S/2Ba.5O.2Ta.4H/q2*+2;5*-2;2*+5;4*-1. The average Bonchev–Trinajstić information content (AvgIpc) is 0. The van der Waals surface area contributed by atoms with Gasteiger partial charge in [0.25, 0.3) is 0 Å². The first kappa shape index (κ1) is 106. The van der Waals surface area contributed by atoms with Gasteiger partial charge in [0.05, 0.1) is 0 Å². The number of rotatable bonds is 0. The van der Waals surface area contributed by atoms with Gasteiger partial charge in [0.1, 0.15) is 0 Å². The summed E-state index contributed by atoms with van der Waals surface area (Å²) in [5.41, 5.74) is 0. The fourth-order valence-corrected chi connectivity index (χ4v) is 0. The van der Waals surface area contributed by atoms with Crippen LogP contribution in [0.5, 0.6) is 0 Å². The van der Waals surface area contributed by atoms with Crippen LogP contribution in [0.15, 0.2) is 0 Å². The quantitative estimate of drug-likeness (QED) is 0.286. The molecule has 0 heterocycles. The molecule has 0 radical (unpaired) electrons. The van der Waals surface area contributed by atoms with E-state index < -0.39 is 0 Å². The maximum atomic E-state index is 0. The van der Waals surface area contributed by atoms with Gasteiger partial charge in [0, 0.05) is 0 Å². The van der Waals surface area contributed by atoms with Crippen LogP contribution in [0.2, 0.25) is 0 Å². The van der Waals surface area contributed by atoms with E-state index in [4.69, 9.17) is 0 Å². The Hall–Kier alpha value is 4.42. The van der Waals surface area contributed by atoms with Crippen molar-refractivity contribution in [2.24, 2.45) is 0 Å². The first-order valence-electron chi connectivity index (χ1n) is 0. The molecule has 0 aliphatic heterocycles. The molecule has 0 unspecified atom stereocenters. The topological polar surface area (TPSA) is 142 Å². The molecule has 0 amide bonds. The summed E-state index contributed by atoms with van der Waals surface area (Å²) in [5, 5.41) is 0. The molecule has 0 aromatic rings. The number of hydrogen-bond acceptors (Lipinski definition) is 0. The zero-order valence-corrected chi connectivity index (χ0v) is 19.7. The van der Waals surface area contributed by atoms with E-state index in [1.807, 2.05) is 0 Å². The van der Waals surface area contributed by atoms with Gasteiger partial charge < -0.3 is 33.1 Å². The molecule has 0 fully saturated rings. The molecule has 0 aliphatic rings. The first-order valence-corrected chi connectivity index (χ1v) is 0. The fraction of sp³-hybridized carbons (Fsp3) is 0. The summed E-state index contributed by atoms with van der Waals surface area (Å²) in [5.74, 6) is 0. The Bertz CT molecular complexity index is 24.5. The van der Waals surface area contributed by atoms with Crippen molar-refractivity contribution in [2.45, 2.75) is 0 Å². The SMILES string of the molecule is [Ba+2].[Ba+2].[H-].[H-].[H-].[H-].[O-2].[O-2].[O-2].[O-2].[O-2].[Ta+5].[Ta+5]. The van der Waals surface area contributed by atoms with Gasteiger partial charge in [-0.3, -0.25) is 0 Å². The van der Waals surface area contributed by atoms with Crippen LogP contribution >= 0.6 is 0 Å². The van der Waals surface area contributed by atoms with Gasteiger partial charge in [-0.15, -0.1) is 0 Å². The van der Waals surface area contributed by atoms with E-state index in [0.29, 0.717) is 0 Å². The van der Waals surface area contributed by atoms with Gasteiger partial charge in [-0.2, -0.15) is 0 Å². The molecular weight excluding hydrogens is 717 g/mol. The zero-order chi connectivity index (χ0) is 0. The number of hydrogen-bond donors (Lipinski definition) is 0. The maximum Gasteiger partial charge on any atom is 5.00 e. The van der Waals surface area contributed by atoms with Gasteiger partial charge in [-0.25, -0.2) is 0 Å². The minimum Gasteiger partial charge on any atom is -2.00 e. The molecule has 9 heavy (non-hydrogen) atoms. The monoisotopic (exact) mass is 722 g/mol. The van der Waals surface area contributed by atoms with Crippen molar-refractivity contribution in [3.05, 3.63) is 0 Å². The summed E-state index contributed by atoms with van der Waals surface area (Å²) in [6, 6.07) is 0. The van der Waals surface area contributed by atoms with E-state index >= 15 is 0 Å². The summed E-state index contributed by atoms with van der Waals surface area (Å²) < 4.78 is 0. The van der Waals surface area contributed by atoms with Gasteiger partial charge >= 0.3 is 143 Å². The van der Waals surface area contributed by atoms with Crippen molar-refractivity contribution in [1.82, 2.24) is 0 Å². The van der Waals surface area contributed by atoms with Crippen molar-refractivity contribution < 1.29 is 77.8 Å². The smallest absolute Gasteiger partial charge is 2.00 e. The second kappa shape index (κ2) is 82.9. The van der Waals surface area contributed by atoms with Crippen LogP contribution in [0, 0.1) is 0 Å². The summed E-state index contributed by atoms with van der Waals surface area (Å²) in [4.78, 5) is 0. The van der Waals surface area contributed by atoms with Crippen LogP contribution in [0.4, 0.5) is 0 Å². The molecule has 0 aromatic carbocycles. The zero-order valence-electron chi connectivity index (χ0n) is 8.35. The third kappa shape index (κ3) is 69.0. The molecule has 0 bridgehead atoms. The van der Waals surface area contributed by atoms with Crippen LogP contribution in [0.3, 0.4) is 0 Å². The summed E-state index contributed by atoms with van der Waals surface area (Å²) >= 11 is 0. The molecule has 0 saturated heterocycles. The van der Waals surface area contributed by atoms with Gasteiger partial charge in [0.2, 0.25) is 0 Å². The van der Waals surface area contributed by atoms with Crippen LogP contribution in [0.1, 0.15) is 5.71 Å². The minimum absolute atomic E-state index is 0. The van der Waals surface area contributed by atoms with Crippen molar-refractivity contribution in [2.75, 3.05) is 0 Å². The molecule has 0 rings (SSSR count). The van der Waals surface area contributed by atoms with Crippen molar-refractivity contribution in [1.29, 1.82) is 0 Å². The summed E-state index contributed by atoms with van der Waals surface area (Å²) in [6.07, 6.45) is 0.